The van der Waals surface area contributed by atoms with Crippen molar-refractivity contribution >= 4 is 11.6 Å². The molecule has 1 aliphatic heterocycles. The van der Waals surface area contributed by atoms with Gasteiger partial charge in [0.15, 0.2) is 0 Å². The number of benzene rings is 1. The molecule has 1 aromatic carbocycles. The summed E-state index contributed by atoms with van der Waals surface area (Å²) in [5.41, 5.74) is 7.94. The maximum atomic E-state index is 12.3. The summed E-state index contributed by atoms with van der Waals surface area (Å²) in [6.07, 6.45) is 1.02. The molecule has 1 unspecified atom stereocenters. The van der Waals surface area contributed by atoms with Crippen LogP contribution in [0.2, 0.25) is 0 Å². The summed E-state index contributed by atoms with van der Waals surface area (Å²) in [6.45, 7) is 4.10. The van der Waals surface area contributed by atoms with Crippen LogP contribution in [0.15, 0.2) is 24.3 Å². The first-order valence-corrected chi connectivity index (χ1v) is 6.48. The minimum absolute atomic E-state index is 0.107. The highest BCUT2D eigenvalue weighted by atomic mass is 16.2. The summed E-state index contributed by atoms with van der Waals surface area (Å²) in [7, 11) is 1.95. The predicted molar refractivity (Wildman–Crippen MR) is 73.6 cm³/mol. The molecule has 2 N–H and O–H groups in total. The third kappa shape index (κ3) is 2.40. The normalized spacial score (nSPS) is 21.4. The summed E-state index contributed by atoms with van der Waals surface area (Å²) in [6, 6.07) is 8.02. The Kier molecular flexibility index (Phi) is 3.99. The quantitative estimate of drug-likeness (QED) is 0.861. The number of aryl methyl sites for hydroxylation is 1. The van der Waals surface area contributed by atoms with Crippen molar-refractivity contribution in [3.8, 4) is 0 Å². The van der Waals surface area contributed by atoms with Gasteiger partial charge in [-0.25, -0.2) is 0 Å². The number of likely N-dealkylation sites (N-methyl/N-ethyl adjacent to an activating group) is 1. The SMILES string of the molecule is CCc1ccc(N2CCN(C)C(CN)C2=O)cc1. The van der Waals surface area contributed by atoms with E-state index in [1.165, 1.54) is 5.56 Å². The summed E-state index contributed by atoms with van der Waals surface area (Å²) < 4.78 is 0. The van der Waals surface area contributed by atoms with Crippen LogP contribution in [-0.2, 0) is 11.2 Å². The molecule has 0 spiro atoms. The smallest absolute Gasteiger partial charge is 0.245 e. The molecular weight excluding hydrogens is 226 g/mol. The first-order chi connectivity index (χ1) is 8.67. The number of nitrogens with zero attached hydrogens (tertiary/aromatic N) is 2. The number of carbonyl (C=O) groups is 1. The zero-order valence-corrected chi connectivity index (χ0v) is 11.1. The Morgan fingerprint density at radius 3 is 2.50 bits per heavy atom. The highest BCUT2D eigenvalue weighted by Gasteiger charge is 2.32. The number of rotatable bonds is 3. The first kappa shape index (κ1) is 13.1. The van der Waals surface area contributed by atoms with Gasteiger partial charge in [0.25, 0.3) is 0 Å². The van der Waals surface area contributed by atoms with Crippen molar-refractivity contribution in [1.82, 2.24) is 4.90 Å². The number of carbonyl (C=O) groups excluding carboxylic acids is 1. The van der Waals surface area contributed by atoms with Crippen molar-refractivity contribution in [3.63, 3.8) is 0 Å². The number of piperazine rings is 1. The van der Waals surface area contributed by atoms with Crippen LogP contribution in [0.1, 0.15) is 12.5 Å². The van der Waals surface area contributed by atoms with Gasteiger partial charge in [-0.15, -0.1) is 0 Å². The van der Waals surface area contributed by atoms with E-state index >= 15 is 0 Å². The van der Waals surface area contributed by atoms with E-state index in [0.717, 1.165) is 25.2 Å². The molecule has 98 valence electrons. The second-order valence-electron chi connectivity index (χ2n) is 4.74. The highest BCUT2D eigenvalue weighted by molar-refractivity contribution is 5.98. The molecule has 0 radical (unpaired) electrons. The molecule has 0 aromatic heterocycles. The van der Waals surface area contributed by atoms with E-state index in [4.69, 9.17) is 5.73 Å². The third-order valence-electron chi connectivity index (χ3n) is 3.64. The molecule has 2 rings (SSSR count). The Bertz CT molecular complexity index is 416. The lowest BCUT2D eigenvalue weighted by atomic mass is 10.1. The van der Waals surface area contributed by atoms with Gasteiger partial charge in [-0.05, 0) is 31.2 Å². The molecule has 18 heavy (non-hydrogen) atoms. The van der Waals surface area contributed by atoms with Gasteiger partial charge in [0, 0.05) is 25.3 Å². The van der Waals surface area contributed by atoms with E-state index in [9.17, 15) is 4.79 Å². The van der Waals surface area contributed by atoms with Gasteiger partial charge in [0.05, 0.1) is 0 Å². The van der Waals surface area contributed by atoms with Crippen molar-refractivity contribution in [1.29, 1.82) is 0 Å². The Labute approximate surface area is 108 Å². The van der Waals surface area contributed by atoms with Crippen LogP contribution in [0.4, 0.5) is 5.69 Å². The number of hydrogen-bond acceptors (Lipinski definition) is 3. The molecule has 1 saturated heterocycles. The number of anilines is 1. The van der Waals surface area contributed by atoms with Crippen LogP contribution in [0.25, 0.3) is 0 Å². The van der Waals surface area contributed by atoms with Gasteiger partial charge in [0.1, 0.15) is 6.04 Å². The van der Waals surface area contributed by atoms with Crippen molar-refractivity contribution < 1.29 is 4.79 Å². The molecule has 4 heteroatoms. The molecule has 1 fully saturated rings. The van der Waals surface area contributed by atoms with Gasteiger partial charge in [-0.3, -0.25) is 9.69 Å². The highest BCUT2D eigenvalue weighted by Crippen LogP contribution is 2.20. The largest absolute Gasteiger partial charge is 0.328 e. The van der Waals surface area contributed by atoms with Crippen LogP contribution in [0.5, 0.6) is 0 Å². The number of nitrogens with two attached hydrogens (primary N) is 1. The van der Waals surface area contributed by atoms with Crippen LogP contribution >= 0.6 is 0 Å². The third-order valence-corrected chi connectivity index (χ3v) is 3.64. The summed E-state index contributed by atoms with van der Waals surface area (Å²) in [5.74, 6) is 0.107. The number of amides is 1. The minimum Gasteiger partial charge on any atom is -0.328 e. The Balaban J connectivity index is 2.19. The Morgan fingerprint density at radius 1 is 1.28 bits per heavy atom. The van der Waals surface area contributed by atoms with Gasteiger partial charge in [0.2, 0.25) is 5.91 Å². The monoisotopic (exact) mass is 247 g/mol. The molecule has 0 aliphatic carbocycles. The Hall–Kier alpha value is -1.39. The van der Waals surface area contributed by atoms with E-state index in [1.807, 2.05) is 29.0 Å². The lowest BCUT2D eigenvalue weighted by Gasteiger charge is -2.38. The molecule has 1 atom stereocenters. The molecule has 1 amide bonds. The average Bonchev–Trinajstić information content (AvgIpc) is 2.40. The Morgan fingerprint density at radius 2 is 1.94 bits per heavy atom. The summed E-state index contributed by atoms with van der Waals surface area (Å²) >= 11 is 0. The molecule has 4 nitrogen and oxygen atoms in total. The van der Waals surface area contributed by atoms with Crippen LogP contribution < -0.4 is 10.6 Å². The minimum atomic E-state index is -0.190. The topological polar surface area (TPSA) is 49.6 Å². The molecular formula is C14H21N3O. The van der Waals surface area contributed by atoms with Crippen molar-refractivity contribution in [2.45, 2.75) is 19.4 Å². The van der Waals surface area contributed by atoms with Crippen LogP contribution in [0, 0.1) is 0 Å². The van der Waals surface area contributed by atoms with Gasteiger partial charge in [-0.1, -0.05) is 19.1 Å². The van der Waals surface area contributed by atoms with Gasteiger partial charge in [-0.2, -0.15) is 0 Å². The molecule has 1 heterocycles. The fourth-order valence-electron chi connectivity index (χ4n) is 2.34. The first-order valence-electron chi connectivity index (χ1n) is 6.48. The van der Waals surface area contributed by atoms with Crippen molar-refractivity contribution in [2.24, 2.45) is 5.73 Å². The van der Waals surface area contributed by atoms with Gasteiger partial charge < -0.3 is 10.6 Å². The maximum Gasteiger partial charge on any atom is 0.245 e. The number of hydrogen-bond donors (Lipinski definition) is 1. The second kappa shape index (κ2) is 5.50. The average molecular weight is 247 g/mol. The molecule has 0 saturated carbocycles. The molecule has 0 bridgehead atoms. The zero-order valence-electron chi connectivity index (χ0n) is 11.1. The van der Waals surface area contributed by atoms with Crippen molar-refractivity contribution in [2.75, 3.05) is 31.6 Å². The summed E-state index contributed by atoms with van der Waals surface area (Å²) in [4.78, 5) is 16.2. The van der Waals surface area contributed by atoms with E-state index in [0.29, 0.717) is 6.54 Å². The fourth-order valence-corrected chi connectivity index (χ4v) is 2.34. The van der Waals surface area contributed by atoms with E-state index in [1.54, 1.807) is 0 Å². The lowest BCUT2D eigenvalue weighted by Crippen LogP contribution is -2.58. The van der Waals surface area contributed by atoms with E-state index in [2.05, 4.69) is 19.1 Å². The predicted octanol–water partition coefficient (Wildman–Crippen LogP) is 0.855. The molecule has 1 aromatic rings. The van der Waals surface area contributed by atoms with Crippen LogP contribution in [-0.4, -0.2) is 43.5 Å². The molecule has 1 aliphatic rings. The zero-order chi connectivity index (χ0) is 13.1. The lowest BCUT2D eigenvalue weighted by molar-refractivity contribution is -0.124. The van der Waals surface area contributed by atoms with Crippen LogP contribution in [0.3, 0.4) is 0 Å². The summed E-state index contributed by atoms with van der Waals surface area (Å²) in [5, 5.41) is 0. The maximum absolute atomic E-state index is 12.3. The second-order valence-corrected chi connectivity index (χ2v) is 4.74. The van der Waals surface area contributed by atoms with Crippen molar-refractivity contribution in [3.05, 3.63) is 29.8 Å². The van der Waals surface area contributed by atoms with E-state index in [-0.39, 0.29) is 11.9 Å². The standard InChI is InChI=1S/C14H21N3O/c1-3-11-4-6-12(7-5-11)17-9-8-16(2)13(10-15)14(17)18/h4-7,13H,3,8-10,15H2,1-2H3. The van der Waals surface area contributed by atoms with Gasteiger partial charge >= 0.3 is 0 Å². The van der Waals surface area contributed by atoms with E-state index < -0.39 is 0 Å². The fraction of sp³-hybridized carbons (Fsp3) is 0.500.